The third-order valence-electron chi connectivity index (χ3n) is 3.47. The highest BCUT2D eigenvalue weighted by Crippen LogP contribution is 2.34. The third kappa shape index (κ3) is 3.56. The maximum atomic E-state index is 12.6. The molecule has 1 aromatic rings. The van der Waals surface area contributed by atoms with E-state index in [0.29, 0.717) is 11.8 Å². The molecule has 20 heavy (non-hydrogen) atoms. The molecule has 6 heteroatoms. The summed E-state index contributed by atoms with van der Waals surface area (Å²) in [6, 6.07) is 3.45. The highest BCUT2D eigenvalue weighted by molar-refractivity contribution is 5.47. The number of benzene rings is 1. The van der Waals surface area contributed by atoms with Crippen molar-refractivity contribution in [1.29, 1.82) is 0 Å². The van der Waals surface area contributed by atoms with Gasteiger partial charge in [0.05, 0.1) is 20.6 Å². The van der Waals surface area contributed by atoms with E-state index in [1.807, 2.05) is 0 Å². The summed E-state index contributed by atoms with van der Waals surface area (Å²) < 4.78 is 48.0. The molecule has 1 saturated heterocycles. The second kappa shape index (κ2) is 5.91. The van der Waals surface area contributed by atoms with Gasteiger partial charge in [-0.3, -0.25) is 0 Å². The van der Waals surface area contributed by atoms with Crippen molar-refractivity contribution in [3.8, 4) is 11.5 Å². The van der Waals surface area contributed by atoms with Gasteiger partial charge in [0, 0.05) is 11.6 Å². The Morgan fingerprint density at radius 3 is 2.15 bits per heavy atom. The van der Waals surface area contributed by atoms with Gasteiger partial charge in [-0.2, -0.15) is 13.2 Å². The van der Waals surface area contributed by atoms with E-state index in [2.05, 4.69) is 5.32 Å². The first kappa shape index (κ1) is 15.0. The summed E-state index contributed by atoms with van der Waals surface area (Å²) in [5, 5.41) is 3.26. The molecule has 1 fully saturated rings. The van der Waals surface area contributed by atoms with Crippen LogP contribution in [0.5, 0.6) is 11.5 Å². The van der Waals surface area contributed by atoms with Gasteiger partial charge in [0.25, 0.3) is 0 Å². The minimum absolute atomic E-state index is 0.0992. The monoisotopic (exact) mass is 289 g/mol. The molecule has 1 atom stereocenters. The number of nitrogens with one attached hydrogen (secondary N) is 1. The lowest BCUT2D eigenvalue weighted by Crippen LogP contribution is -2.44. The van der Waals surface area contributed by atoms with Crippen molar-refractivity contribution in [2.75, 3.05) is 20.8 Å². The van der Waals surface area contributed by atoms with Crippen LogP contribution in [0.4, 0.5) is 13.2 Å². The van der Waals surface area contributed by atoms with Crippen LogP contribution in [0, 0.1) is 0 Å². The van der Waals surface area contributed by atoms with Gasteiger partial charge in [-0.05, 0) is 37.1 Å². The molecule has 1 heterocycles. The molecule has 1 unspecified atom stereocenters. The first-order valence-corrected chi connectivity index (χ1v) is 6.47. The number of alkyl halides is 3. The molecule has 1 aliphatic rings. The van der Waals surface area contributed by atoms with Gasteiger partial charge in [-0.25, -0.2) is 0 Å². The predicted octanol–water partition coefficient (Wildman–Crippen LogP) is 2.71. The topological polar surface area (TPSA) is 30.5 Å². The zero-order chi connectivity index (χ0) is 14.8. The Balaban J connectivity index is 2.29. The second-order valence-electron chi connectivity index (χ2n) is 4.91. The lowest BCUT2D eigenvalue weighted by molar-refractivity contribution is -0.127. The van der Waals surface area contributed by atoms with Crippen molar-refractivity contribution < 1.29 is 22.6 Å². The maximum Gasteiger partial charge on any atom is 0.393 e. The van der Waals surface area contributed by atoms with Gasteiger partial charge < -0.3 is 14.8 Å². The fourth-order valence-corrected chi connectivity index (χ4v) is 2.33. The fourth-order valence-electron chi connectivity index (χ4n) is 2.33. The molecule has 2 rings (SSSR count). The zero-order valence-corrected chi connectivity index (χ0v) is 11.5. The Morgan fingerprint density at radius 2 is 1.70 bits per heavy atom. The lowest BCUT2D eigenvalue weighted by atomic mass is 9.95. The van der Waals surface area contributed by atoms with Crippen LogP contribution in [0.1, 0.15) is 17.5 Å². The number of hydrogen-bond acceptors (Lipinski definition) is 3. The maximum absolute atomic E-state index is 12.6. The molecular weight excluding hydrogens is 271 g/mol. The van der Waals surface area contributed by atoms with Gasteiger partial charge in [0.2, 0.25) is 0 Å². The van der Waals surface area contributed by atoms with Crippen LogP contribution in [0.3, 0.4) is 0 Å². The normalized spacial score (nSPS) is 18.6. The first-order valence-electron chi connectivity index (χ1n) is 6.47. The summed E-state index contributed by atoms with van der Waals surface area (Å²) in [4.78, 5) is 0. The standard InChI is InChI=1S/C14H18F3NO2/c1-19-12-7-10(8-14(15,16)17)13(20-2)6-9(12)5-11-3-4-18-11/h6-7,11,18H,3-5,8H2,1-2H3. The Bertz CT molecular complexity index is 470. The summed E-state index contributed by atoms with van der Waals surface area (Å²) in [7, 11) is 2.85. The number of rotatable bonds is 5. The molecule has 0 saturated carbocycles. The quantitative estimate of drug-likeness (QED) is 0.904. The average Bonchev–Trinajstić information content (AvgIpc) is 2.32. The molecule has 3 nitrogen and oxygen atoms in total. The Labute approximate surface area is 116 Å². The predicted molar refractivity (Wildman–Crippen MR) is 69.4 cm³/mol. The number of hydrogen-bond donors (Lipinski definition) is 1. The van der Waals surface area contributed by atoms with E-state index in [1.54, 1.807) is 6.07 Å². The van der Waals surface area contributed by atoms with Crippen molar-refractivity contribution in [3.63, 3.8) is 0 Å². The van der Waals surface area contributed by atoms with E-state index >= 15 is 0 Å². The van der Waals surface area contributed by atoms with E-state index in [4.69, 9.17) is 9.47 Å². The lowest BCUT2D eigenvalue weighted by Gasteiger charge is -2.28. The molecule has 112 valence electrons. The van der Waals surface area contributed by atoms with Gasteiger partial charge in [0.15, 0.2) is 0 Å². The highest BCUT2D eigenvalue weighted by Gasteiger charge is 2.30. The van der Waals surface area contributed by atoms with Crippen LogP contribution >= 0.6 is 0 Å². The number of halogens is 3. The molecular formula is C14H18F3NO2. The van der Waals surface area contributed by atoms with Crippen molar-refractivity contribution in [3.05, 3.63) is 23.3 Å². The van der Waals surface area contributed by atoms with Gasteiger partial charge in [-0.1, -0.05) is 0 Å². The summed E-state index contributed by atoms with van der Waals surface area (Å²) >= 11 is 0. The Morgan fingerprint density at radius 1 is 1.15 bits per heavy atom. The summed E-state index contributed by atoms with van der Waals surface area (Å²) in [6.07, 6.45) is -3.49. The molecule has 0 spiro atoms. The summed E-state index contributed by atoms with van der Waals surface area (Å²) in [6.45, 7) is 0.982. The van der Waals surface area contributed by atoms with Crippen molar-refractivity contribution in [2.24, 2.45) is 0 Å². The van der Waals surface area contributed by atoms with Crippen LogP contribution in [0.25, 0.3) is 0 Å². The SMILES string of the molecule is COc1cc(CC(F)(F)F)c(OC)cc1CC1CCN1. The van der Waals surface area contributed by atoms with E-state index in [1.165, 1.54) is 20.3 Å². The van der Waals surface area contributed by atoms with Gasteiger partial charge in [-0.15, -0.1) is 0 Å². The van der Waals surface area contributed by atoms with Crippen LogP contribution < -0.4 is 14.8 Å². The van der Waals surface area contributed by atoms with E-state index < -0.39 is 12.6 Å². The average molecular weight is 289 g/mol. The Kier molecular flexibility index (Phi) is 4.42. The Hall–Kier alpha value is -1.43. The third-order valence-corrected chi connectivity index (χ3v) is 3.47. The minimum atomic E-state index is -4.27. The van der Waals surface area contributed by atoms with Crippen molar-refractivity contribution in [1.82, 2.24) is 5.32 Å². The van der Waals surface area contributed by atoms with E-state index in [9.17, 15) is 13.2 Å². The summed E-state index contributed by atoms with van der Waals surface area (Å²) in [5.41, 5.74) is 0.967. The molecule has 0 amide bonds. The number of ether oxygens (including phenoxy) is 2. The van der Waals surface area contributed by atoms with Crippen molar-refractivity contribution >= 4 is 0 Å². The van der Waals surface area contributed by atoms with E-state index in [0.717, 1.165) is 24.9 Å². The second-order valence-corrected chi connectivity index (χ2v) is 4.91. The van der Waals surface area contributed by atoms with Crippen LogP contribution in [0.15, 0.2) is 12.1 Å². The zero-order valence-electron chi connectivity index (χ0n) is 11.5. The molecule has 0 aromatic heterocycles. The molecule has 0 aliphatic carbocycles. The smallest absolute Gasteiger partial charge is 0.393 e. The molecule has 1 aliphatic heterocycles. The largest absolute Gasteiger partial charge is 0.496 e. The molecule has 0 radical (unpaired) electrons. The molecule has 0 bridgehead atoms. The fraction of sp³-hybridized carbons (Fsp3) is 0.571. The molecule has 1 aromatic carbocycles. The summed E-state index contributed by atoms with van der Waals surface area (Å²) in [5.74, 6) is 0.746. The van der Waals surface area contributed by atoms with Crippen LogP contribution in [-0.2, 0) is 12.8 Å². The van der Waals surface area contributed by atoms with Gasteiger partial charge in [0.1, 0.15) is 11.5 Å². The van der Waals surface area contributed by atoms with E-state index in [-0.39, 0.29) is 11.3 Å². The van der Waals surface area contributed by atoms with Crippen LogP contribution in [0.2, 0.25) is 0 Å². The molecule has 1 N–H and O–H groups in total. The number of methoxy groups -OCH3 is 2. The van der Waals surface area contributed by atoms with Crippen molar-refractivity contribution in [2.45, 2.75) is 31.5 Å². The van der Waals surface area contributed by atoms with Gasteiger partial charge >= 0.3 is 6.18 Å². The van der Waals surface area contributed by atoms with Crippen LogP contribution in [-0.4, -0.2) is 33.0 Å². The minimum Gasteiger partial charge on any atom is -0.496 e. The first-order chi connectivity index (χ1) is 9.43. The highest BCUT2D eigenvalue weighted by atomic mass is 19.4.